The van der Waals surface area contributed by atoms with Crippen LogP contribution in [0.25, 0.3) is 75.2 Å². The molecule has 46 heavy (non-hydrogen) atoms. The minimum Gasteiger partial charge on any atom is -0.341 e. The molecule has 4 nitrogen and oxygen atoms in total. The predicted octanol–water partition coefficient (Wildman–Crippen LogP) is 10.5. The van der Waals surface area contributed by atoms with Gasteiger partial charge in [-0.3, -0.25) is 4.57 Å². The van der Waals surface area contributed by atoms with Crippen LogP contribution >= 0.6 is 11.3 Å². The summed E-state index contributed by atoms with van der Waals surface area (Å²) in [6, 6.07) is 48.2. The Balaban J connectivity index is 1.18. The van der Waals surface area contributed by atoms with Gasteiger partial charge in [0.25, 0.3) is 0 Å². The van der Waals surface area contributed by atoms with E-state index >= 15 is 0 Å². The Labute approximate surface area is 269 Å². The Morgan fingerprint density at radius 2 is 1.24 bits per heavy atom. The molecule has 0 radical (unpaired) electrons. The van der Waals surface area contributed by atoms with Crippen LogP contribution in [0.15, 0.2) is 145 Å². The number of rotatable bonds is 2. The molecule has 9 aromatic rings. The highest BCUT2D eigenvalue weighted by molar-refractivity contribution is 7.26. The molecule has 0 aliphatic carbocycles. The SMILES string of the molecule is CN1CC=C(c2ccc3c(c2)c2ccccc2n3-c2ccccc2)N=C1n1c2ccccc2c2c3sc4ccccc4c3ccc21. The lowest BCUT2D eigenvalue weighted by Gasteiger charge is -2.26. The third kappa shape index (κ3) is 3.57. The lowest BCUT2D eigenvalue weighted by Crippen LogP contribution is -2.35. The maximum Gasteiger partial charge on any atom is 0.211 e. The van der Waals surface area contributed by atoms with Crippen LogP contribution in [0.5, 0.6) is 0 Å². The zero-order chi connectivity index (χ0) is 30.4. The Bertz CT molecular complexity index is 2740. The van der Waals surface area contributed by atoms with Crippen molar-refractivity contribution in [2.75, 3.05) is 13.6 Å². The van der Waals surface area contributed by atoms with E-state index in [0.29, 0.717) is 0 Å². The molecule has 0 bridgehead atoms. The minimum absolute atomic E-state index is 0.775. The number of benzene rings is 6. The molecule has 4 heterocycles. The van der Waals surface area contributed by atoms with E-state index in [9.17, 15) is 0 Å². The number of fused-ring (bicyclic) bond motifs is 10. The topological polar surface area (TPSA) is 25.5 Å². The van der Waals surface area contributed by atoms with Gasteiger partial charge in [0.15, 0.2) is 0 Å². The van der Waals surface area contributed by atoms with Gasteiger partial charge in [-0.05, 0) is 54.6 Å². The van der Waals surface area contributed by atoms with Crippen molar-refractivity contribution in [3.63, 3.8) is 0 Å². The lowest BCUT2D eigenvalue weighted by atomic mass is 10.1. The smallest absolute Gasteiger partial charge is 0.211 e. The first-order valence-corrected chi connectivity index (χ1v) is 16.5. The predicted molar refractivity (Wildman–Crippen MR) is 197 cm³/mol. The van der Waals surface area contributed by atoms with Crippen molar-refractivity contribution in [1.82, 2.24) is 14.0 Å². The van der Waals surface area contributed by atoms with Crippen LogP contribution in [-0.2, 0) is 0 Å². The van der Waals surface area contributed by atoms with Gasteiger partial charge >= 0.3 is 0 Å². The highest BCUT2D eigenvalue weighted by Gasteiger charge is 2.23. The molecule has 0 saturated carbocycles. The fraction of sp³-hybridized carbons (Fsp3) is 0.0488. The molecule has 1 aliphatic rings. The van der Waals surface area contributed by atoms with E-state index in [1.165, 1.54) is 69.5 Å². The molecule has 0 saturated heterocycles. The number of thiophene rings is 1. The number of likely N-dealkylation sites (N-methyl/N-ethyl adjacent to an activating group) is 1. The van der Waals surface area contributed by atoms with E-state index in [0.717, 1.165) is 23.8 Å². The summed E-state index contributed by atoms with van der Waals surface area (Å²) in [7, 11) is 2.14. The number of para-hydroxylation sites is 3. The van der Waals surface area contributed by atoms with Crippen molar-refractivity contribution in [2.45, 2.75) is 0 Å². The molecule has 3 aromatic heterocycles. The first kappa shape index (κ1) is 25.7. The third-order valence-corrected chi connectivity index (χ3v) is 10.7. The van der Waals surface area contributed by atoms with Crippen molar-refractivity contribution in [1.29, 1.82) is 0 Å². The third-order valence-electron chi connectivity index (χ3n) is 9.48. The molecular formula is C41H28N4S. The van der Waals surface area contributed by atoms with Crippen LogP contribution < -0.4 is 0 Å². The number of hydrogen-bond acceptors (Lipinski definition) is 3. The van der Waals surface area contributed by atoms with Crippen LogP contribution in [0.4, 0.5) is 0 Å². The van der Waals surface area contributed by atoms with E-state index in [4.69, 9.17) is 4.99 Å². The number of hydrogen-bond donors (Lipinski definition) is 0. The second-order valence-corrected chi connectivity index (χ2v) is 13.1. The fourth-order valence-corrected chi connectivity index (χ4v) is 8.64. The summed E-state index contributed by atoms with van der Waals surface area (Å²) in [5.41, 5.74) is 8.06. The van der Waals surface area contributed by atoms with Crippen LogP contribution in [0, 0.1) is 0 Å². The van der Waals surface area contributed by atoms with Gasteiger partial charge in [0.1, 0.15) is 0 Å². The Morgan fingerprint density at radius 3 is 2.09 bits per heavy atom. The highest BCUT2D eigenvalue weighted by atomic mass is 32.1. The van der Waals surface area contributed by atoms with E-state index in [-0.39, 0.29) is 0 Å². The molecule has 0 unspecified atom stereocenters. The van der Waals surface area contributed by atoms with E-state index in [1.54, 1.807) is 0 Å². The average molecular weight is 609 g/mol. The van der Waals surface area contributed by atoms with E-state index in [2.05, 4.69) is 161 Å². The summed E-state index contributed by atoms with van der Waals surface area (Å²) < 4.78 is 7.38. The molecule has 5 heteroatoms. The van der Waals surface area contributed by atoms with Crippen LogP contribution in [0.3, 0.4) is 0 Å². The number of nitrogens with zero attached hydrogens (tertiary/aromatic N) is 4. The molecule has 10 rings (SSSR count). The largest absolute Gasteiger partial charge is 0.341 e. The summed E-state index contributed by atoms with van der Waals surface area (Å²) in [5.74, 6) is 0.941. The first-order chi connectivity index (χ1) is 22.7. The lowest BCUT2D eigenvalue weighted by molar-refractivity contribution is 0.541. The summed E-state index contributed by atoms with van der Waals surface area (Å²) in [6.45, 7) is 0.775. The van der Waals surface area contributed by atoms with Crippen molar-refractivity contribution in [2.24, 2.45) is 4.99 Å². The van der Waals surface area contributed by atoms with Crippen molar-refractivity contribution in [3.8, 4) is 5.69 Å². The quantitative estimate of drug-likeness (QED) is 0.192. The molecule has 0 spiro atoms. The first-order valence-electron chi connectivity index (χ1n) is 15.7. The van der Waals surface area contributed by atoms with E-state index in [1.807, 2.05) is 11.3 Å². The standard InChI is InChI=1S/C41H28N4S/c1-43-24-23-33(26-19-21-36-32(25-26)28-13-5-8-16-34(28)44(36)27-11-3-2-4-12-27)42-41(43)45-35-17-9-6-15-31(35)39-37(45)22-20-30-29-14-7-10-18-38(29)46-40(30)39/h2-23,25H,24H2,1H3. The highest BCUT2D eigenvalue weighted by Crippen LogP contribution is 2.43. The molecule has 0 atom stereocenters. The molecule has 218 valence electrons. The van der Waals surface area contributed by atoms with Crippen LogP contribution in [0.2, 0.25) is 0 Å². The molecule has 6 aromatic carbocycles. The van der Waals surface area contributed by atoms with Crippen molar-refractivity contribution < 1.29 is 0 Å². The Kier molecular flexibility index (Phi) is 5.39. The average Bonchev–Trinajstić information content (AvgIpc) is 3.76. The van der Waals surface area contributed by atoms with Gasteiger partial charge in [0.2, 0.25) is 5.96 Å². The molecule has 0 N–H and O–H groups in total. The summed E-state index contributed by atoms with van der Waals surface area (Å²) in [5, 5.41) is 7.68. The van der Waals surface area contributed by atoms with Crippen LogP contribution in [0.1, 0.15) is 5.56 Å². The zero-order valence-corrected chi connectivity index (χ0v) is 26.0. The van der Waals surface area contributed by atoms with Gasteiger partial charge in [-0.2, -0.15) is 0 Å². The fourth-order valence-electron chi connectivity index (χ4n) is 7.38. The summed E-state index contributed by atoms with van der Waals surface area (Å²) in [6.07, 6.45) is 2.25. The van der Waals surface area contributed by atoms with Gasteiger partial charge < -0.3 is 9.47 Å². The molecular weight excluding hydrogens is 581 g/mol. The maximum atomic E-state index is 5.41. The molecule has 0 amide bonds. The van der Waals surface area contributed by atoms with Crippen molar-refractivity contribution >= 4 is 86.8 Å². The Hall–Kier alpha value is -5.65. The second kappa shape index (κ2) is 9.67. The number of aliphatic imine (C=N–C) groups is 1. The number of aromatic nitrogens is 2. The van der Waals surface area contributed by atoms with Gasteiger partial charge in [-0.15, -0.1) is 11.3 Å². The molecule has 0 fully saturated rings. The monoisotopic (exact) mass is 608 g/mol. The summed E-state index contributed by atoms with van der Waals surface area (Å²) in [4.78, 5) is 7.67. The molecule has 1 aliphatic heterocycles. The minimum atomic E-state index is 0.775. The normalized spacial score (nSPS) is 13.9. The van der Waals surface area contributed by atoms with Gasteiger partial charge in [0.05, 0.1) is 27.8 Å². The zero-order valence-electron chi connectivity index (χ0n) is 25.2. The maximum absolute atomic E-state index is 5.41. The van der Waals surface area contributed by atoms with Crippen molar-refractivity contribution in [3.05, 3.63) is 145 Å². The van der Waals surface area contributed by atoms with Gasteiger partial charge in [-0.1, -0.05) is 84.9 Å². The van der Waals surface area contributed by atoms with E-state index < -0.39 is 0 Å². The van der Waals surface area contributed by atoms with Crippen LogP contribution in [-0.4, -0.2) is 33.6 Å². The second-order valence-electron chi connectivity index (χ2n) is 12.1. The Morgan fingerprint density at radius 1 is 0.565 bits per heavy atom. The van der Waals surface area contributed by atoms with Gasteiger partial charge in [-0.25, -0.2) is 4.99 Å². The summed E-state index contributed by atoms with van der Waals surface area (Å²) >= 11 is 1.89. The van der Waals surface area contributed by atoms with Gasteiger partial charge in [0, 0.05) is 66.6 Å².